The number of carbonyl (C=O) groups excluding carboxylic acids is 1. The summed E-state index contributed by atoms with van der Waals surface area (Å²) in [6, 6.07) is 0. The van der Waals surface area contributed by atoms with E-state index in [2.05, 4.69) is 11.7 Å². The van der Waals surface area contributed by atoms with Crippen molar-refractivity contribution in [1.29, 1.82) is 0 Å². The molecule has 0 saturated heterocycles. The van der Waals surface area contributed by atoms with Crippen LogP contribution in [0.3, 0.4) is 0 Å². The fourth-order valence-corrected chi connectivity index (χ4v) is 1.22. The SMILES string of the molecule is CCCCC(C)=C(COC)C(=O)OC. The van der Waals surface area contributed by atoms with Crippen molar-refractivity contribution < 1.29 is 14.3 Å². The lowest BCUT2D eigenvalue weighted by Crippen LogP contribution is -2.12. The van der Waals surface area contributed by atoms with Crippen molar-refractivity contribution in [3.05, 3.63) is 11.1 Å². The molecule has 0 bridgehead atoms. The molecule has 82 valence electrons. The first-order valence-electron chi connectivity index (χ1n) is 4.93. The summed E-state index contributed by atoms with van der Waals surface area (Å²) >= 11 is 0. The molecule has 0 aliphatic heterocycles. The normalized spacial score (nSPS) is 12.3. The highest BCUT2D eigenvalue weighted by molar-refractivity contribution is 5.89. The zero-order valence-electron chi connectivity index (χ0n) is 9.55. The van der Waals surface area contributed by atoms with E-state index in [4.69, 9.17) is 4.74 Å². The Morgan fingerprint density at radius 3 is 2.36 bits per heavy atom. The lowest BCUT2D eigenvalue weighted by atomic mass is 10.0. The van der Waals surface area contributed by atoms with E-state index in [0.29, 0.717) is 12.2 Å². The Bertz CT molecular complexity index is 207. The predicted molar refractivity (Wildman–Crippen MR) is 56.1 cm³/mol. The van der Waals surface area contributed by atoms with Crippen molar-refractivity contribution >= 4 is 5.97 Å². The first-order valence-corrected chi connectivity index (χ1v) is 4.93. The van der Waals surface area contributed by atoms with Gasteiger partial charge in [0, 0.05) is 7.11 Å². The van der Waals surface area contributed by atoms with E-state index in [-0.39, 0.29) is 5.97 Å². The molecule has 0 radical (unpaired) electrons. The monoisotopic (exact) mass is 200 g/mol. The Morgan fingerprint density at radius 1 is 1.29 bits per heavy atom. The zero-order chi connectivity index (χ0) is 11.0. The molecule has 0 saturated carbocycles. The minimum Gasteiger partial charge on any atom is -0.466 e. The van der Waals surface area contributed by atoms with E-state index in [1.165, 1.54) is 7.11 Å². The highest BCUT2D eigenvalue weighted by atomic mass is 16.5. The second-order valence-electron chi connectivity index (χ2n) is 3.29. The smallest absolute Gasteiger partial charge is 0.336 e. The van der Waals surface area contributed by atoms with E-state index in [0.717, 1.165) is 24.8 Å². The largest absolute Gasteiger partial charge is 0.466 e. The summed E-state index contributed by atoms with van der Waals surface area (Å²) in [5, 5.41) is 0. The quantitative estimate of drug-likeness (QED) is 0.487. The van der Waals surface area contributed by atoms with E-state index in [9.17, 15) is 4.79 Å². The molecule has 0 N–H and O–H groups in total. The van der Waals surface area contributed by atoms with Crippen LogP contribution in [0.4, 0.5) is 0 Å². The van der Waals surface area contributed by atoms with Gasteiger partial charge in [-0.1, -0.05) is 18.9 Å². The number of unbranched alkanes of at least 4 members (excludes halogenated alkanes) is 1. The van der Waals surface area contributed by atoms with Gasteiger partial charge in [0.05, 0.1) is 19.3 Å². The molecule has 14 heavy (non-hydrogen) atoms. The number of ether oxygens (including phenoxy) is 2. The molecular weight excluding hydrogens is 180 g/mol. The lowest BCUT2D eigenvalue weighted by Gasteiger charge is -2.09. The Morgan fingerprint density at radius 2 is 1.93 bits per heavy atom. The summed E-state index contributed by atoms with van der Waals surface area (Å²) in [6.07, 6.45) is 3.15. The summed E-state index contributed by atoms with van der Waals surface area (Å²) in [5.41, 5.74) is 1.73. The topological polar surface area (TPSA) is 35.5 Å². The maximum Gasteiger partial charge on any atom is 0.336 e. The molecule has 0 fully saturated rings. The van der Waals surface area contributed by atoms with Crippen LogP contribution in [-0.4, -0.2) is 26.8 Å². The van der Waals surface area contributed by atoms with Gasteiger partial charge in [0.25, 0.3) is 0 Å². The van der Waals surface area contributed by atoms with Crippen molar-refractivity contribution in [3.63, 3.8) is 0 Å². The summed E-state index contributed by atoms with van der Waals surface area (Å²) in [6.45, 7) is 4.42. The molecule has 0 aliphatic rings. The number of hydrogen-bond acceptors (Lipinski definition) is 3. The van der Waals surface area contributed by atoms with E-state index in [1.807, 2.05) is 6.92 Å². The van der Waals surface area contributed by atoms with Crippen molar-refractivity contribution in [2.45, 2.75) is 33.1 Å². The van der Waals surface area contributed by atoms with Crippen LogP contribution in [0, 0.1) is 0 Å². The van der Waals surface area contributed by atoms with Crippen molar-refractivity contribution in [3.8, 4) is 0 Å². The van der Waals surface area contributed by atoms with Gasteiger partial charge in [0.2, 0.25) is 0 Å². The third-order valence-electron chi connectivity index (χ3n) is 2.14. The standard InChI is InChI=1S/C11H20O3/c1-5-6-7-9(2)10(8-13-3)11(12)14-4/h5-8H2,1-4H3. The molecule has 3 nitrogen and oxygen atoms in total. The summed E-state index contributed by atoms with van der Waals surface area (Å²) in [7, 11) is 2.97. The fraction of sp³-hybridized carbons (Fsp3) is 0.727. The van der Waals surface area contributed by atoms with Crippen molar-refractivity contribution in [2.24, 2.45) is 0 Å². The van der Waals surface area contributed by atoms with E-state index >= 15 is 0 Å². The van der Waals surface area contributed by atoms with Gasteiger partial charge in [0.15, 0.2) is 0 Å². The Kier molecular flexibility index (Phi) is 7.11. The van der Waals surface area contributed by atoms with Gasteiger partial charge < -0.3 is 9.47 Å². The summed E-state index contributed by atoms with van der Waals surface area (Å²) < 4.78 is 9.66. The second kappa shape index (κ2) is 7.56. The van der Waals surface area contributed by atoms with Gasteiger partial charge >= 0.3 is 5.97 Å². The van der Waals surface area contributed by atoms with Gasteiger partial charge in [-0.25, -0.2) is 4.79 Å². The van der Waals surface area contributed by atoms with Gasteiger partial charge in [-0.05, 0) is 19.8 Å². The van der Waals surface area contributed by atoms with Crippen molar-refractivity contribution in [2.75, 3.05) is 20.8 Å². The van der Waals surface area contributed by atoms with Crippen LogP contribution in [0.25, 0.3) is 0 Å². The highest BCUT2D eigenvalue weighted by Gasteiger charge is 2.12. The molecule has 3 heteroatoms. The number of hydrogen-bond donors (Lipinski definition) is 0. The van der Waals surface area contributed by atoms with Crippen LogP contribution in [0.5, 0.6) is 0 Å². The minimum atomic E-state index is -0.277. The Labute approximate surface area is 86.1 Å². The highest BCUT2D eigenvalue weighted by Crippen LogP contribution is 2.13. The number of allylic oxidation sites excluding steroid dienone is 1. The minimum absolute atomic E-state index is 0.277. The van der Waals surface area contributed by atoms with Crippen LogP contribution in [0.2, 0.25) is 0 Å². The maximum absolute atomic E-state index is 11.3. The average Bonchev–Trinajstić information content (AvgIpc) is 2.21. The van der Waals surface area contributed by atoms with Gasteiger partial charge in [-0.3, -0.25) is 0 Å². The van der Waals surface area contributed by atoms with Crippen LogP contribution in [0.1, 0.15) is 33.1 Å². The molecule has 0 heterocycles. The molecule has 0 aromatic rings. The third-order valence-corrected chi connectivity index (χ3v) is 2.14. The lowest BCUT2D eigenvalue weighted by molar-refractivity contribution is -0.136. The number of rotatable bonds is 6. The third kappa shape index (κ3) is 4.42. The van der Waals surface area contributed by atoms with E-state index < -0.39 is 0 Å². The number of methoxy groups -OCH3 is 2. The van der Waals surface area contributed by atoms with Gasteiger partial charge in [0.1, 0.15) is 0 Å². The molecular formula is C11H20O3. The summed E-state index contributed by atoms with van der Waals surface area (Å²) in [4.78, 5) is 11.3. The molecule has 0 unspecified atom stereocenters. The van der Waals surface area contributed by atoms with Crippen LogP contribution in [-0.2, 0) is 14.3 Å². The van der Waals surface area contributed by atoms with Gasteiger partial charge in [-0.2, -0.15) is 0 Å². The van der Waals surface area contributed by atoms with Crippen LogP contribution < -0.4 is 0 Å². The van der Waals surface area contributed by atoms with Crippen molar-refractivity contribution in [1.82, 2.24) is 0 Å². The van der Waals surface area contributed by atoms with Gasteiger partial charge in [-0.15, -0.1) is 0 Å². The maximum atomic E-state index is 11.3. The molecule has 0 aromatic carbocycles. The molecule has 0 aliphatic carbocycles. The Balaban J connectivity index is 4.48. The molecule has 0 aromatic heterocycles. The number of esters is 1. The van der Waals surface area contributed by atoms with Crippen LogP contribution in [0.15, 0.2) is 11.1 Å². The molecule has 0 atom stereocenters. The average molecular weight is 200 g/mol. The second-order valence-corrected chi connectivity index (χ2v) is 3.29. The summed E-state index contributed by atoms with van der Waals surface area (Å²) in [5.74, 6) is -0.277. The zero-order valence-corrected chi connectivity index (χ0v) is 9.55. The fourth-order valence-electron chi connectivity index (χ4n) is 1.22. The molecule has 0 amide bonds. The Hall–Kier alpha value is -0.830. The molecule has 0 rings (SSSR count). The predicted octanol–water partition coefficient (Wildman–Crippen LogP) is 2.31. The first-order chi connectivity index (χ1) is 6.67. The number of carbonyl (C=O) groups is 1. The van der Waals surface area contributed by atoms with E-state index in [1.54, 1.807) is 7.11 Å². The first kappa shape index (κ1) is 13.2. The van der Waals surface area contributed by atoms with Crippen LogP contribution >= 0.6 is 0 Å². The molecule has 0 spiro atoms.